The van der Waals surface area contributed by atoms with Crippen molar-refractivity contribution >= 4 is 10.0 Å². The molecule has 0 N–H and O–H groups in total. The molecule has 1 saturated heterocycles. The Balaban J connectivity index is 1.84. The summed E-state index contributed by atoms with van der Waals surface area (Å²) < 4.78 is 27.0. The maximum Gasteiger partial charge on any atom is 0.244 e. The molecular formula is C16H19N3O2S. The normalized spacial score (nSPS) is 20.0. The van der Waals surface area contributed by atoms with Crippen molar-refractivity contribution in [2.24, 2.45) is 0 Å². The molecule has 1 fully saturated rings. The van der Waals surface area contributed by atoms with Gasteiger partial charge in [-0.15, -0.1) is 0 Å². The number of pyridine rings is 2. The molecule has 3 rings (SSSR count). The van der Waals surface area contributed by atoms with E-state index in [2.05, 4.69) is 9.97 Å². The van der Waals surface area contributed by atoms with Gasteiger partial charge in [0.25, 0.3) is 0 Å². The zero-order chi connectivity index (χ0) is 15.6. The fourth-order valence-corrected chi connectivity index (χ4v) is 4.33. The van der Waals surface area contributed by atoms with Gasteiger partial charge in [0.2, 0.25) is 10.0 Å². The quantitative estimate of drug-likeness (QED) is 0.872. The zero-order valence-corrected chi connectivity index (χ0v) is 13.3. The van der Waals surface area contributed by atoms with Gasteiger partial charge in [0.15, 0.2) is 0 Å². The maximum atomic E-state index is 12.7. The number of sulfonamides is 1. The molecule has 1 atom stereocenters. The highest BCUT2D eigenvalue weighted by atomic mass is 32.2. The number of hydrogen-bond acceptors (Lipinski definition) is 4. The van der Waals surface area contributed by atoms with Gasteiger partial charge in [0.05, 0.1) is 0 Å². The van der Waals surface area contributed by atoms with Crippen molar-refractivity contribution in [3.8, 4) is 0 Å². The lowest BCUT2D eigenvalue weighted by Crippen LogP contribution is -2.39. The van der Waals surface area contributed by atoms with E-state index < -0.39 is 10.0 Å². The standard InChI is InChI=1S/C16H19N3O2S/c1-13-5-2-8-16(18-13)14-6-4-10-19(12-14)22(20,21)15-7-3-9-17-11-15/h2-3,5,7-9,11,14H,4,6,10,12H2,1H3/t14-/m0/s1. The first kappa shape index (κ1) is 15.1. The average Bonchev–Trinajstić information content (AvgIpc) is 2.56. The first-order valence-electron chi connectivity index (χ1n) is 7.41. The largest absolute Gasteiger partial charge is 0.263 e. The lowest BCUT2D eigenvalue weighted by Gasteiger charge is -2.31. The van der Waals surface area contributed by atoms with E-state index in [9.17, 15) is 8.42 Å². The monoisotopic (exact) mass is 317 g/mol. The Morgan fingerprint density at radius 1 is 1.23 bits per heavy atom. The first-order valence-corrected chi connectivity index (χ1v) is 8.85. The topological polar surface area (TPSA) is 63.2 Å². The van der Waals surface area contributed by atoms with Crippen molar-refractivity contribution in [2.75, 3.05) is 13.1 Å². The molecule has 0 saturated carbocycles. The molecule has 0 amide bonds. The Morgan fingerprint density at radius 3 is 2.82 bits per heavy atom. The van der Waals surface area contributed by atoms with E-state index >= 15 is 0 Å². The molecule has 0 aromatic carbocycles. The molecule has 2 aromatic heterocycles. The molecule has 0 radical (unpaired) electrons. The molecule has 0 bridgehead atoms. The van der Waals surface area contributed by atoms with Gasteiger partial charge in [-0.05, 0) is 44.0 Å². The van der Waals surface area contributed by atoms with Gasteiger partial charge in [-0.25, -0.2) is 8.42 Å². The van der Waals surface area contributed by atoms with Crippen molar-refractivity contribution in [2.45, 2.75) is 30.6 Å². The molecule has 6 heteroatoms. The van der Waals surface area contributed by atoms with Crippen molar-refractivity contribution in [1.29, 1.82) is 0 Å². The summed E-state index contributed by atoms with van der Waals surface area (Å²) in [4.78, 5) is 8.73. The summed E-state index contributed by atoms with van der Waals surface area (Å²) in [5.74, 6) is 0.153. The third-order valence-electron chi connectivity index (χ3n) is 3.98. The van der Waals surface area contributed by atoms with Crippen LogP contribution in [0.2, 0.25) is 0 Å². The van der Waals surface area contributed by atoms with E-state index in [0.29, 0.717) is 13.1 Å². The summed E-state index contributed by atoms with van der Waals surface area (Å²) in [6.45, 7) is 2.99. The molecule has 1 aliphatic rings. The van der Waals surface area contributed by atoms with Crippen LogP contribution < -0.4 is 0 Å². The molecule has 0 aliphatic carbocycles. The van der Waals surface area contributed by atoms with E-state index in [1.54, 1.807) is 22.6 Å². The molecular weight excluding hydrogens is 298 g/mol. The van der Waals surface area contributed by atoms with Crippen LogP contribution in [-0.2, 0) is 10.0 Å². The van der Waals surface area contributed by atoms with Crippen LogP contribution >= 0.6 is 0 Å². The third-order valence-corrected chi connectivity index (χ3v) is 5.83. The summed E-state index contributed by atoms with van der Waals surface area (Å²) in [6, 6.07) is 9.16. The van der Waals surface area contributed by atoms with Crippen LogP contribution in [0.5, 0.6) is 0 Å². The fourth-order valence-electron chi connectivity index (χ4n) is 2.84. The van der Waals surface area contributed by atoms with Gasteiger partial charge in [-0.1, -0.05) is 6.07 Å². The molecule has 0 unspecified atom stereocenters. The fraction of sp³-hybridized carbons (Fsp3) is 0.375. The van der Waals surface area contributed by atoms with Crippen LogP contribution in [0.25, 0.3) is 0 Å². The third kappa shape index (κ3) is 3.03. The van der Waals surface area contributed by atoms with Crippen molar-refractivity contribution < 1.29 is 8.42 Å². The lowest BCUT2D eigenvalue weighted by molar-refractivity contribution is 0.312. The van der Waals surface area contributed by atoms with E-state index in [1.165, 1.54) is 6.20 Å². The second kappa shape index (κ2) is 6.14. The van der Waals surface area contributed by atoms with Gasteiger partial charge in [-0.3, -0.25) is 9.97 Å². The molecule has 0 spiro atoms. The number of aryl methyl sites for hydroxylation is 1. The SMILES string of the molecule is Cc1cccc([C@H]2CCCN(S(=O)(=O)c3cccnc3)C2)n1. The van der Waals surface area contributed by atoms with Crippen LogP contribution in [0.1, 0.15) is 30.1 Å². The van der Waals surface area contributed by atoms with Crippen LogP contribution in [0.4, 0.5) is 0 Å². The van der Waals surface area contributed by atoms with Gasteiger partial charge in [0.1, 0.15) is 4.90 Å². The highest BCUT2D eigenvalue weighted by molar-refractivity contribution is 7.89. The number of nitrogens with zero attached hydrogens (tertiary/aromatic N) is 3. The van der Waals surface area contributed by atoms with Crippen molar-refractivity contribution in [3.63, 3.8) is 0 Å². The number of aromatic nitrogens is 2. The highest BCUT2D eigenvalue weighted by Crippen LogP contribution is 2.29. The molecule has 5 nitrogen and oxygen atoms in total. The van der Waals surface area contributed by atoms with E-state index in [1.807, 2.05) is 25.1 Å². The van der Waals surface area contributed by atoms with Crippen molar-refractivity contribution in [1.82, 2.24) is 14.3 Å². The highest BCUT2D eigenvalue weighted by Gasteiger charge is 2.31. The smallest absolute Gasteiger partial charge is 0.244 e. The Labute approximate surface area is 131 Å². The van der Waals surface area contributed by atoms with Crippen LogP contribution in [0.15, 0.2) is 47.6 Å². The minimum absolute atomic E-state index is 0.153. The summed E-state index contributed by atoms with van der Waals surface area (Å²) in [5.41, 5.74) is 1.94. The van der Waals surface area contributed by atoms with Gasteiger partial charge < -0.3 is 0 Å². The molecule has 1 aliphatic heterocycles. The Hall–Kier alpha value is -1.79. The zero-order valence-electron chi connectivity index (χ0n) is 12.5. The second-order valence-electron chi connectivity index (χ2n) is 5.59. The minimum Gasteiger partial charge on any atom is -0.263 e. The Bertz CT molecular complexity index is 747. The summed E-state index contributed by atoms with van der Waals surface area (Å²) in [5, 5.41) is 0. The molecule has 3 heterocycles. The number of piperidine rings is 1. The van der Waals surface area contributed by atoms with Crippen molar-refractivity contribution in [3.05, 3.63) is 54.1 Å². The Kier molecular flexibility index (Phi) is 4.22. The molecule has 116 valence electrons. The average molecular weight is 317 g/mol. The maximum absolute atomic E-state index is 12.7. The number of rotatable bonds is 3. The predicted octanol–water partition coefficient (Wildman–Crippen LogP) is 2.35. The summed E-state index contributed by atoms with van der Waals surface area (Å²) >= 11 is 0. The van der Waals surface area contributed by atoms with Gasteiger partial charge in [0, 0.05) is 42.8 Å². The number of hydrogen-bond donors (Lipinski definition) is 0. The Morgan fingerprint density at radius 2 is 2.09 bits per heavy atom. The van der Waals surface area contributed by atoms with Gasteiger partial charge in [-0.2, -0.15) is 4.31 Å². The second-order valence-corrected chi connectivity index (χ2v) is 7.53. The van der Waals surface area contributed by atoms with E-state index in [-0.39, 0.29) is 10.8 Å². The summed E-state index contributed by atoms with van der Waals surface area (Å²) in [6.07, 6.45) is 4.80. The minimum atomic E-state index is -3.47. The van der Waals surface area contributed by atoms with Crippen LogP contribution in [-0.4, -0.2) is 35.8 Å². The summed E-state index contributed by atoms with van der Waals surface area (Å²) in [7, 11) is -3.47. The lowest BCUT2D eigenvalue weighted by atomic mass is 9.95. The molecule has 2 aromatic rings. The van der Waals surface area contributed by atoms with E-state index in [0.717, 1.165) is 24.2 Å². The van der Waals surface area contributed by atoms with Crippen LogP contribution in [0, 0.1) is 6.92 Å². The van der Waals surface area contributed by atoms with Gasteiger partial charge >= 0.3 is 0 Å². The van der Waals surface area contributed by atoms with Crippen LogP contribution in [0.3, 0.4) is 0 Å². The molecule has 22 heavy (non-hydrogen) atoms. The predicted molar refractivity (Wildman–Crippen MR) is 83.9 cm³/mol. The first-order chi connectivity index (χ1) is 10.6. The van der Waals surface area contributed by atoms with E-state index in [4.69, 9.17) is 0 Å².